The van der Waals surface area contributed by atoms with Crippen molar-refractivity contribution < 1.29 is 0 Å². The summed E-state index contributed by atoms with van der Waals surface area (Å²) in [5.41, 5.74) is 4.96. The van der Waals surface area contributed by atoms with Crippen molar-refractivity contribution in [3.63, 3.8) is 0 Å². The highest BCUT2D eigenvalue weighted by Crippen LogP contribution is 2.38. The SMILES string of the molecule is c1ncc2ccn(C3CCC(CCc4ccc5cc6c(nc5c4)NCC6)C3)c2n1. The van der Waals surface area contributed by atoms with Crippen LogP contribution in [-0.4, -0.2) is 26.1 Å². The van der Waals surface area contributed by atoms with Crippen LogP contribution < -0.4 is 5.32 Å². The van der Waals surface area contributed by atoms with Gasteiger partial charge in [0.15, 0.2) is 0 Å². The van der Waals surface area contributed by atoms with Crippen LogP contribution in [-0.2, 0) is 12.8 Å². The summed E-state index contributed by atoms with van der Waals surface area (Å²) in [6.45, 7) is 1.01. The first-order chi connectivity index (χ1) is 14.3. The summed E-state index contributed by atoms with van der Waals surface area (Å²) in [5, 5.41) is 5.80. The second-order valence-corrected chi connectivity index (χ2v) is 8.60. The van der Waals surface area contributed by atoms with Gasteiger partial charge in [-0.05, 0) is 73.8 Å². The number of hydrogen-bond donors (Lipinski definition) is 1. The maximum Gasteiger partial charge on any atom is 0.143 e. The molecule has 1 aliphatic carbocycles. The van der Waals surface area contributed by atoms with Gasteiger partial charge < -0.3 is 9.88 Å². The smallest absolute Gasteiger partial charge is 0.143 e. The average Bonchev–Trinajstić information content (AvgIpc) is 3.49. The molecule has 1 aliphatic heterocycles. The number of aryl methyl sites for hydroxylation is 1. The Hall–Kier alpha value is -2.95. The first-order valence-corrected chi connectivity index (χ1v) is 10.8. The highest BCUT2D eigenvalue weighted by atomic mass is 15.1. The Morgan fingerprint density at radius 2 is 2.10 bits per heavy atom. The average molecular weight is 383 g/mol. The van der Waals surface area contributed by atoms with E-state index in [0.717, 1.165) is 47.7 Å². The summed E-state index contributed by atoms with van der Waals surface area (Å²) in [7, 11) is 0. The predicted molar refractivity (Wildman–Crippen MR) is 116 cm³/mol. The van der Waals surface area contributed by atoms with E-state index in [0.29, 0.717) is 6.04 Å². The molecule has 29 heavy (non-hydrogen) atoms. The molecular formula is C24H25N5. The molecule has 0 spiro atoms. The van der Waals surface area contributed by atoms with Crippen LogP contribution in [0.4, 0.5) is 5.82 Å². The number of pyridine rings is 1. The van der Waals surface area contributed by atoms with Crippen LogP contribution in [0, 0.1) is 5.92 Å². The van der Waals surface area contributed by atoms with Gasteiger partial charge in [-0.15, -0.1) is 0 Å². The van der Waals surface area contributed by atoms with Gasteiger partial charge in [0.1, 0.15) is 17.8 Å². The van der Waals surface area contributed by atoms with Gasteiger partial charge >= 0.3 is 0 Å². The quantitative estimate of drug-likeness (QED) is 0.543. The summed E-state index contributed by atoms with van der Waals surface area (Å²) in [5.74, 6) is 1.86. The van der Waals surface area contributed by atoms with Gasteiger partial charge in [-0.25, -0.2) is 15.0 Å². The molecule has 6 rings (SSSR count). The number of nitrogens with one attached hydrogen (secondary N) is 1. The molecule has 1 N–H and O–H groups in total. The lowest BCUT2D eigenvalue weighted by Crippen LogP contribution is -2.05. The van der Waals surface area contributed by atoms with Crippen LogP contribution in [0.3, 0.4) is 0 Å². The monoisotopic (exact) mass is 383 g/mol. The molecule has 0 amide bonds. The maximum atomic E-state index is 4.84. The maximum absolute atomic E-state index is 4.84. The Labute approximate surface area is 170 Å². The summed E-state index contributed by atoms with van der Waals surface area (Å²) >= 11 is 0. The van der Waals surface area contributed by atoms with Gasteiger partial charge in [0.05, 0.1) is 5.52 Å². The summed E-state index contributed by atoms with van der Waals surface area (Å²) in [6.07, 6.45) is 13.0. The molecule has 4 heterocycles. The molecule has 0 saturated heterocycles. The molecule has 1 saturated carbocycles. The Bertz CT molecular complexity index is 1190. The fourth-order valence-corrected chi connectivity index (χ4v) is 5.20. The molecule has 2 unspecified atom stereocenters. The van der Waals surface area contributed by atoms with Crippen LogP contribution in [0.5, 0.6) is 0 Å². The van der Waals surface area contributed by atoms with E-state index in [1.54, 1.807) is 6.33 Å². The molecule has 4 aromatic rings. The van der Waals surface area contributed by atoms with E-state index >= 15 is 0 Å². The van der Waals surface area contributed by atoms with Crippen molar-refractivity contribution in [2.75, 3.05) is 11.9 Å². The van der Waals surface area contributed by atoms with E-state index in [9.17, 15) is 0 Å². The Morgan fingerprint density at radius 1 is 1.10 bits per heavy atom. The fourth-order valence-electron chi connectivity index (χ4n) is 5.20. The third-order valence-electron chi connectivity index (χ3n) is 6.77. The van der Waals surface area contributed by atoms with E-state index in [2.05, 4.69) is 56.4 Å². The second kappa shape index (κ2) is 6.83. The lowest BCUT2D eigenvalue weighted by Gasteiger charge is -2.14. The van der Waals surface area contributed by atoms with Gasteiger partial charge in [0, 0.05) is 35.8 Å². The van der Waals surface area contributed by atoms with Gasteiger partial charge in [0.2, 0.25) is 0 Å². The minimum absolute atomic E-state index is 0.569. The standard InChI is InChI=1S/C24H25N5/c1(2-17-3-5-18-13-19-7-9-26-23(19)28-22(18)12-17)16-4-6-21(11-16)29-10-8-20-14-25-15-27-24(20)29/h3,5,8,10,12-16,21H,1-2,4,6-7,9,11H2,(H,26,28). The highest BCUT2D eigenvalue weighted by Gasteiger charge is 2.26. The van der Waals surface area contributed by atoms with E-state index in [1.165, 1.54) is 42.2 Å². The zero-order chi connectivity index (χ0) is 19.2. The van der Waals surface area contributed by atoms with Crippen molar-refractivity contribution in [3.05, 3.63) is 60.2 Å². The molecular weight excluding hydrogens is 358 g/mol. The molecule has 5 nitrogen and oxygen atoms in total. The van der Waals surface area contributed by atoms with E-state index in [-0.39, 0.29) is 0 Å². The molecule has 2 atom stereocenters. The molecule has 2 aliphatic rings. The van der Waals surface area contributed by atoms with Crippen LogP contribution in [0.2, 0.25) is 0 Å². The Morgan fingerprint density at radius 3 is 3.10 bits per heavy atom. The second-order valence-electron chi connectivity index (χ2n) is 8.60. The zero-order valence-corrected chi connectivity index (χ0v) is 16.5. The molecule has 0 bridgehead atoms. The molecule has 5 heteroatoms. The van der Waals surface area contributed by atoms with Gasteiger partial charge in [-0.2, -0.15) is 0 Å². The van der Waals surface area contributed by atoms with Crippen molar-refractivity contribution in [1.82, 2.24) is 19.5 Å². The van der Waals surface area contributed by atoms with Gasteiger partial charge in [-0.1, -0.05) is 12.1 Å². The number of nitrogens with zero attached hydrogens (tertiary/aromatic N) is 4. The van der Waals surface area contributed by atoms with Crippen molar-refractivity contribution in [2.24, 2.45) is 5.92 Å². The number of rotatable bonds is 4. The third kappa shape index (κ3) is 3.05. The summed E-state index contributed by atoms with van der Waals surface area (Å²) in [4.78, 5) is 13.5. The zero-order valence-electron chi connectivity index (χ0n) is 16.5. The minimum Gasteiger partial charge on any atom is -0.369 e. The van der Waals surface area contributed by atoms with Crippen LogP contribution in [0.1, 0.15) is 42.9 Å². The van der Waals surface area contributed by atoms with Gasteiger partial charge in [-0.3, -0.25) is 0 Å². The first-order valence-electron chi connectivity index (χ1n) is 10.8. The lowest BCUT2D eigenvalue weighted by atomic mass is 9.97. The van der Waals surface area contributed by atoms with E-state index in [1.807, 2.05) is 6.20 Å². The van der Waals surface area contributed by atoms with Crippen molar-refractivity contribution >= 4 is 27.8 Å². The van der Waals surface area contributed by atoms with Crippen LogP contribution in [0.15, 0.2) is 49.1 Å². The van der Waals surface area contributed by atoms with Crippen LogP contribution >= 0.6 is 0 Å². The first kappa shape index (κ1) is 17.0. The molecule has 1 fully saturated rings. The fraction of sp³-hybridized carbons (Fsp3) is 0.375. The molecule has 0 radical (unpaired) electrons. The molecule has 3 aromatic heterocycles. The third-order valence-corrected chi connectivity index (χ3v) is 6.77. The van der Waals surface area contributed by atoms with Crippen molar-refractivity contribution in [3.8, 4) is 0 Å². The van der Waals surface area contributed by atoms with Crippen molar-refractivity contribution in [1.29, 1.82) is 0 Å². The Kier molecular flexibility index (Phi) is 3.99. The van der Waals surface area contributed by atoms with Gasteiger partial charge in [0.25, 0.3) is 0 Å². The normalized spacial score (nSPS) is 21.0. The predicted octanol–water partition coefficient (Wildman–Crippen LogP) is 4.92. The lowest BCUT2D eigenvalue weighted by molar-refractivity contribution is 0.461. The molecule has 1 aromatic carbocycles. The number of anilines is 1. The molecule has 146 valence electrons. The number of aromatic nitrogens is 4. The van der Waals surface area contributed by atoms with Crippen molar-refractivity contribution in [2.45, 2.75) is 44.6 Å². The summed E-state index contributed by atoms with van der Waals surface area (Å²) in [6, 6.07) is 11.8. The Balaban J connectivity index is 1.14. The van der Waals surface area contributed by atoms with E-state index in [4.69, 9.17) is 4.98 Å². The summed E-state index contributed by atoms with van der Waals surface area (Å²) < 4.78 is 2.37. The number of hydrogen-bond acceptors (Lipinski definition) is 4. The minimum atomic E-state index is 0.569. The highest BCUT2D eigenvalue weighted by molar-refractivity contribution is 5.83. The number of benzene rings is 1. The topological polar surface area (TPSA) is 55.6 Å². The number of fused-ring (bicyclic) bond motifs is 3. The van der Waals surface area contributed by atoms with Crippen LogP contribution in [0.25, 0.3) is 21.9 Å². The largest absolute Gasteiger partial charge is 0.369 e. The van der Waals surface area contributed by atoms with E-state index < -0.39 is 0 Å².